The Hall–Kier alpha value is -2.57. The van der Waals surface area contributed by atoms with Crippen LogP contribution in [0.15, 0.2) is 56.6 Å². The van der Waals surface area contributed by atoms with E-state index in [0.29, 0.717) is 33.5 Å². The number of hydrogen-bond acceptors (Lipinski definition) is 5. The smallest absolute Gasteiger partial charge is 0.336 e. The van der Waals surface area contributed by atoms with Gasteiger partial charge < -0.3 is 4.42 Å². The standard InChI is InChI=1S/C22H17ClN2O3S/c23-16-4-5-20-24-17(9-21(26)25(20)10-16)12-29-11-15-8-22(27)28-19-7-14-3-1-2-13(14)6-18(15)19/h4-10H,1-3,11-12H2. The summed E-state index contributed by atoms with van der Waals surface area (Å²) in [7, 11) is 0. The molecule has 29 heavy (non-hydrogen) atoms. The summed E-state index contributed by atoms with van der Waals surface area (Å²) in [6.45, 7) is 0. The lowest BCUT2D eigenvalue weighted by atomic mass is 10.0. The summed E-state index contributed by atoms with van der Waals surface area (Å²) in [6.07, 6.45) is 4.83. The van der Waals surface area contributed by atoms with Crippen molar-refractivity contribution in [1.29, 1.82) is 0 Å². The van der Waals surface area contributed by atoms with Crippen molar-refractivity contribution in [2.45, 2.75) is 30.8 Å². The minimum absolute atomic E-state index is 0.158. The molecule has 0 N–H and O–H groups in total. The average molecular weight is 425 g/mol. The molecule has 0 atom stereocenters. The maximum absolute atomic E-state index is 12.3. The Kier molecular flexibility index (Phi) is 4.68. The van der Waals surface area contributed by atoms with E-state index in [1.807, 2.05) is 6.07 Å². The van der Waals surface area contributed by atoms with E-state index >= 15 is 0 Å². The number of fused-ring (bicyclic) bond motifs is 3. The van der Waals surface area contributed by atoms with Crippen LogP contribution in [0.5, 0.6) is 0 Å². The van der Waals surface area contributed by atoms with Crippen LogP contribution >= 0.6 is 23.4 Å². The highest BCUT2D eigenvalue weighted by Crippen LogP contribution is 2.30. The zero-order valence-corrected chi connectivity index (χ0v) is 17.1. The van der Waals surface area contributed by atoms with Crippen molar-refractivity contribution < 1.29 is 4.42 Å². The number of rotatable bonds is 4. The Morgan fingerprint density at radius 3 is 2.76 bits per heavy atom. The van der Waals surface area contributed by atoms with Crippen LogP contribution in [0.2, 0.25) is 5.02 Å². The lowest BCUT2D eigenvalue weighted by Gasteiger charge is -2.08. The van der Waals surface area contributed by atoms with Gasteiger partial charge in [0.25, 0.3) is 5.56 Å². The Morgan fingerprint density at radius 2 is 1.90 bits per heavy atom. The molecular weight excluding hydrogens is 408 g/mol. The van der Waals surface area contributed by atoms with Gasteiger partial charge in [-0.2, -0.15) is 11.8 Å². The molecule has 1 aliphatic rings. The van der Waals surface area contributed by atoms with Crippen LogP contribution in [0.3, 0.4) is 0 Å². The number of benzene rings is 1. The second-order valence-corrected chi connectivity index (χ2v) is 8.64. The van der Waals surface area contributed by atoms with E-state index in [9.17, 15) is 9.59 Å². The van der Waals surface area contributed by atoms with Crippen LogP contribution in [0.1, 0.15) is 28.8 Å². The molecule has 0 radical (unpaired) electrons. The molecule has 0 unspecified atom stereocenters. The molecule has 1 aromatic carbocycles. The van der Waals surface area contributed by atoms with Crippen LogP contribution in [0.4, 0.5) is 0 Å². The summed E-state index contributed by atoms with van der Waals surface area (Å²) in [4.78, 5) is 28.9. The van der Waals surface area contributed by atoms with Crippen molar-refractivity contribution in [3.8, 4) is 0 Å². The molecule has 0 amide bonds. The summed E-state index contributed by atoms with van der Waals surface area (Å²) in [6, 6.07) is 10.7. The highest BCUT2D eigenvalue weighted by molar-refractivity contribution is 7.97. The number of pyridine rings is 1. The minimum atomic E-state index is -0.329. The Balaban J connectivity index is 1.41. The van der Waals surface area contributed by atoms with E-state index in [2.05, 4.69) is 11.1 Å². The third-order valence-electron chi connectivity index (χ3n) is 5.23. The highest BCUT2D eigenvalue weighted by atomic mass is 35.5. The maximum Gasteiger partial charge on any atom is 0.336 e. The zero-order chi connectivity index (χ0) is 20.0. The van der Waals surface area contributed by atoms with Crippen molar-refractivity contribution in [2.24, 2.45) is 0 Å². The molecule has 3 heterocycles. The fourth-order valence-electron chi connectivity index (χ4n) is 3.88. The Bertz CT molecular complexity index is 1380. The number of hydrogen-bond donors (Lipinski definition) is 0. The average Bonchev–Trinajstić information content (AvgIpc) is 3.14. The van der Waals surface area contributed by atoms with E-state index in [0.717, 1.165) is 30.2 Å². The van der Waals surface area contributed by atoms with Crippen LogP contribution in [-0.4, -0.2) is 9.38 Å². The molecule has 0 saturated carbocycles. The molecule has 1 aliphatic carbocycles. The maximum atomic E-state index is 12.3. The Labute approximate surface area is 175 Å². The van der Waals surface area contributed by atoms with E-state index in [4.69, 9.17) is 16.0 Å². The molecule has 4 aromatic rings. The molecule has 7 heteroatoms. The van der Waals surface area contributed by atoms with Gasteiger partial charge in [-0.3, -0.25) is 9.20 Å². The Morgan fingerprint density at radius 1 is 1.07 bits per heavy atom. The topological polar surface area (TPSA) is 64.6 Å². The predicted octanol–water partition coefficient (Wildman–Crippen LogP) is 4.38. The van der Waals surface area contributed by atoms with Crippen LogP contribution < -0.4 is 11.2 Å². The summed E-state index contributed by atoms with van der Waals surface area (Å²) >= 11 is 7.57. The SMILES string of the molecule is O=c1cc(CSCc2cc(=O)n3cc(Cl)ccc3n2)c2cc3c(cc2o1)CCC3. The largest absolute Gasteiger partial charge is 0.423 e. The van der Waals surface area contributed by atoms with E-state index in [-0.39, 0.29) is 11.2 Å². The minimum Gasteiger partial charge on any atom is -0.423 e. The monoisotopic (exact) mass is 424 g/mol. The molecule has 0 bridgehead atoms. The first kappa shape index (κ1) is 18.5. The van der Waals surface area contributed by atoms with E-state index in [1.54, 1.807) is 36.2 Å². The van der Waals surface area contributed by atoms with Gasteiger partial charge in [0.05, 0.1) is 10.7 Å². The third kappa shape index (κ3) is 3.58. The predicted molar refractivity (Wildman–Crippen MR) is 116 cm³/mol. The number of aryl methyl sites for hydroxylation is 2. The first-order chi connectivity index (χ1) is 14.1. The first-order valence-electron chi connectivity index (χ1n) is 9.41. The summed E-state index contributed by atoms with van der Waals surface area (Å²) in [5.74, 6) is 1.21. The van der Waals surface area contributed by atoms with Gasteiger partial charge in [0, 0.05) is 35.2 Å². The van der Waals surface area contributed by atoms with Gasteiger partial charge in [0.1, 0.15) is 11.2 Å². The molecular formula is C22H17ClN2O3S. The van der Waals surface area contributed by atoms with Gasteiger partial charge in [-0.15, -0.1) is 0 Å². The summed E-state index contributed by atoms with van der Waals surface area (Å²) < 4.78 is 6.87. The van der Waals surface area contributed by atoms with E-state index in [1.165, 1.54) is 21.6 Å². The molecule has 5 rings (SSSR count). The lowest BCUT2D eigenvalue weighted by Crippen LogP contribution is -2.15. The van der Waals surface area contributed by atoms with Gasteiger partial charge in [0.2, 0.25) is 0 Å². The van der Waals surface area contributed by atoms with Gasteiger partial charge in [-0.1, -0.05) is 11.6 Å². The van der Waals surface area contributed by atoms with E-state index < -0.39 is 0 Å². The number of thioether (sulfide) groups is 1. The van der Waals surface area contributed by atoms with Gasteiger partial charge in [-0.25, -0.2) is 9.78 Å². The molecule has 0 fully saturated rings. The fraction of sp³-hybridized carbons (Fsp3) is 0.227. The summed E-state index contributed by atoms with van der Waals surface area (Å²) in [5, 5.41) is 1.49. The van der Waals surface area contributed by atoms with Crippen molar-refractivity contribution in [2.75, 3.05) is 0 Å². The number of halogens is 1. The molecule has 3 aromatic heterocycles. The van der Waals surface area contributed by atoms with Crippen LogP contribution in [-0.2, 0) is 24.3 Å². The fourth-order valence-corrected chi connectivity index (χ4v) is 4.96. The quantitative estimate of drug-likeness (QED) is 0.455. The van der Waals surface area contributed by atoms with Crippen molar-refractivity contribution in [3.63, 3.8) is 0 Å². The summed E-state index contributed by atoms with van der Waals surface area (Å²) in [5.41, 5.74) is 5.04. The molecule has 0 aliphatic heterocycles. The molecule has 5 nitrogen and oxygen atoms in total. The molecule has 0 saturated heterocycles. The second kappa shape index (κ2) is 7.35. The number of aromatic nitrogens is 2. The van der Waals surface area contributed by atoms with Gasteiger partial charge >= 0.3 is 5.63 Å². The number of nitrogens with zero attached hydrogens (tertiary/aromatic N) is 2. The first-order valence-corrected chi connectivity index (χ1v) is 10.9. The van der Waals surface area contributed by atoms with Gasteiger partial charge in [-0.05, 0) is 60.2 Å². The third-order valence-corrected chi connectivity index (χ3v) is 6.47. The highest BCUT2D eigenvalue weighted by Gasteiger charge is 2.15. The lowest BCUT2D eigenvalue weighted by molar-refractivity contribution is 0.559. The normalized spacial score (nSPS) is 13.3. The second-order valence-electron chi connectivity index (χ2n) is 7.22. The molecule has 0 spiro atoms. The van der Waals surface area contributed by atoms with Gasteiger partial charge in [0.15, 0.2) is 0 Å². The van der Waals surface area contributed by atoms with Crippen LogP contribution in [0.25, 0.3) is 16.6 Å². The molecule has 146 valence electrons. The van der Waals surface area contributed by atoms with Crippen molar-refractivity contribution >= 4 is 40.0 Å². The van der Waals surface area contributed by atoms with Crippen molar-refractivity contribution in [1.82, 2.24) is 9.38 Å². The zero-order valence-electron chi connectivity index (χ0n) is 15.5. The van der Waals surface area contributed by atoms with Crippen molar-refractivity contribution in [3.05, 3.63) is 90.8 Å². The van der Waals surface area contributed by atoms with Crippen LogP contribution in [0, 0.1) is 0 Å².